The summed E-state index contributed by atoms with van der Waals surface area (Å²) < 4.78 is 23.8. The Morgan fingerprint density at radius 2 is 0.679 bits per heavy atom. The van der Waals surface area contributed by atoms with Gasteiger partial charge in [-0.05, 0) is 70.6 Å². The number of aliphatic hydroxyl groups is 1. The van der Waals surface area contributed by atoms with E-state index in [0.29, 0.717) is 17.4 Å². The van der Waals surface area contributed by atoms with Gasteiger partial charge in [0, 0.05) is 6.42 Å². The third-order valence-electron chi connectivity index (χ3n) is 16.2. The first kappa shape index (κ1) is 79.5. The zero-order chi connectivity index (χ0) is 59.1. The van der Waals surface area contributed by atoms with Crippen LogP contribution in [0.3, 0.4) is 0 Å². The summed E-state index contributed by atoms with van der Waals surface area (Å²) in [6.45, 7) is 4.84. The number of hydrogen-bond donors (Lipinski definition) is 3. The number of quaternary nitrogens is 1. The van der Waals surface area contributed by atoms with Crippen molar-refractivity contribution in [3.05, 3.63) is 48.6 Å². The molecule has 9 heteroatoms. The molecule has 0 saturated carbocycles. The molecule has 3 unspecified atom stereocenters. The highest BCUT2D eigenvalue weighted by molar-refractivity contribution is 7.47. The second-order valence-corrected chi connectivity index (χ2v) is 27.0. The largest absolute Gasteiger partial charge is 0.472 e. The van der Waals surface area contributed by atoms with Crippen molar-refractivity contribution in [1.82, 2.24) is 5.32 Å². The number of phosphoric ester groups is 1. The zero-order valence-corrected chi connectivity index (χ0v) is 55.7. The van der Waals surface area contributed by atoms with E-state index in [1.807, 2.05) is 27.2 Å². The lowest BCUT2D eigenvalue weighted by Crippen LogP contribution is -2.45. The van der Waals surface area contributed by atoms with Crippen LogP contribution in [0.1, 0.15) is 354 Å². The molecule has 0 aromatic heterocycles. The Hall–Kier alpha value is -1.54. The molecule has 81 heavy (non-hydrogen) atoms. The molecule has 1 amide bonds. The van der Waals surface area contributed by atoms with Gasteiger partial charge >= 0.3 is 7.82 Å². The average Bonchev–Trinajstić information content (AvgIpc) is 3.43. The Morgan fingerprint density at radius 1 is 0.407 bits per heavy atom. The van der Waals surface area contributed by atoms with Crippen molar-refractivity contribution >= 4 is 13.7 Å². The molecule has 0 aromatic carbocycles. The molecule has 0 heterocycles. The lowest BCUT2D eigenvalue weighted by molar-refractivity contribution is -0.870. The smallest absolute Gasteiger partial charge is 0.387 e. The van der Waals surface area contributed by atoms with E-state index in [0.717, 1.165) is 44.9 Å². The van der Waals surface area contributed by atoms with Crippen LogP contribution < -0.4 is 5.32 Å². The first-order valence-electron chi connectivity index (χ1n) is 35.5. The predicted molar refractivity (Wildman–Crippen MR) is 355 cm³/mol. The second kappa shape index (κ2) is 63.0. The molecule has 8 nitrogen and oxygen atoms in total. The van der Waals surface area contributed by atoms with Crippen molar-refractivity contribution in [3.63, 3.8) is 0 Å². The molecule has 0 saturated heterocycles. The highest BCUT2D eigenvalue weighted by atomic mass is 31.2. The summed E-state index contributed by atoms with van der Waals surface area (Å²) in [6.07, 6.45) is 85.6. The third-order valence-corrected chi connectivity index (χ3v) is 17.2. The van der Waals surface area contributed by atoms with Gasteiger partial charge in [-0.25, -0.2) is 4.57 Å². The molecule has 0 radical (unpaired) electrons. The first-order chi connectivity index (χ1) is 39.5. The van der Waals surface area contributed by atoms with Crippen molar-refractivity contribution < 1.29 is 32.9 Å². The van der Waals surface area contributed by atoms with Crippen LogP contribution in [0.5, 0.6) is 0 Å². The average molecular weight is 1160 g/mol. The summed E-state index contributed by atoms with van der Waals surface area (Å²) in [5.41, 5.74) is 0. The van der Waals surface area contributed by atoms with E-state index in [-0.39, 0.29) is 19.1 Å². The summed E-state index contributed by atoms with van der Waals surface area (Å²) >= 11 is 0. The molecular formula is C72H140N2O6P+. The standard InChI is InChI=1S/C72H139N2O6P/c1-6-8-10-12-14-16-18-20-22-24-26-28-30-32-34-35-36-37-38-39-40-42-44-46-48-50-52-54-56-58-60-62-64-66-72(76)73-70(69-80-81(77,78)79-68-67-74(3,4)5)71(75)65-63-61-59-57-55-53-51-49-47-45-43-41-33-31-29-27-25-23-21-19-17-15-13-11-9-7-2/h24,26,47,49,55,57,63,65,70-71,75H,6-23,25,27-46,48,50-54,56,58-62,64,66-69H2,1-5H3,(H-,73,76,77,78)/p+1/b26-24-,49-47+,57-55+,65-63+. The van der Waals surface area contributed by atoms with Crippen molar-refractivity contribution in [2.45, 2.75) is 366 Å². The maximum absolute atomic E-state index is 13.0. The van der Waals surface area contributed by atoms with Gasteiger partial charge in [0.1, 0.15) is 13.2 Å². The van der Waals surface area contributed by atoms with E-state index in [4.69, 9.17) is 9.05 Å². The van der Waals surface area contributed by atoms with Gasteiger partial charge in [-0.3, -0.25) is 13.8 Å². The molecule has 0 aliphatic rings. The maximum atomic E-state index is 13.0. The van der Waals surface area contributed by atoms with Crippen molar-refractivity contribution in [1.29, 1.82) is 0 Å². The fourth-order valence-corrected chi connectivity index (χ4v) is 11.5. The Balaban J connectivity index is 4.08. The number of unbranched alkanes of at least 4 members (excludes halogenated alkanes) is 47. The lowest BCUT2D eigenvalue weighted by Gasteiger charge is -2.25. The predicted octanol–water partition coefficient (Wildman–Crippen LogP) is 22.6. The van der Waals surface area contributed by atoms with Crippen LogP contribution in [0.15, 0.2) is 48.6 Å². The quantitative estimate of drug-likeness (QED) is 0.0243. The van der Waals surface area contributed by atoms with Gasteiger partial charge in [0.15, 0.2) is 0 Å². The zero-order valence-electron chi connectivity index (χ0n) is 54.8. The summed E-state index contributed by atoms with van der Waals surface area (Å²) in [4.78, 5) is 23.4. The fraction of sp³-hybridized carbons (Fsp3) is 0.875. The monoisotopic (exact) mass is 1160 g/mol. The Kier molecular flexibility index (Phi) is 61.8. The van der Waals surface area contributed by atoms with Gasteiger partial charge < -0.3 is 19.8 Å². The summed E-state index contributed by atoms with van der Waals surface area (Å²) in [6, 6.07) is -0.871. The maximum Gasteiger partial charge on any atom is 0.472 e. The second-order valence-electron chi connectivity index (χ2n) is 25.6. The van der Waals surface area contributed by atoms with Crippen LogP contribution in [0.2, 0.25) is 0 Å². The Morgan fingerprint density at radius 3 is 0.988 bits per heavy atom. The highest BCUT2D eigenvalue weighted by Gasteiger charge is 2.28. The topological polar surface area (TPSA) is 105 Å². The number of carbonyl (C=O) groups excluding carboxylic acids is 1. The number of amides is 1. The minimum Gasteiger partial charge on any atom is -0.387 e. The normalized spacial score (nSPS) is 13.9. The van der Waals surface area contributed by atoms with Gasteiger partial charge in [-0.1, -0.05) is 326 Å². The van der Waals surface area contributed by atoms with Crippen LogP contribution in [-0.2, 0) is 18.4 Å². The van der Waals surface area contributed by atoms with E-state index in [9.17, 15) is 19.4 Å². The minimum atomic E-state index is -4.37. The van der Waals surface area contributed by atoms with Crippen molar-refractivity contribution in [2.24, 2.45) is 0 Å². The molecule has 0 fully saturated rings. The van der Waals surface area contributed by atoms with Crippen molar-refractivity contribution in [2.75, 3.05) is 40.9 Å². The van der Waals surface area contributed by atoms with Gasteiger partial charge in [-0.2, -0.15) is 0 Å². The Bertz CT molecular complexity index is 1460. The number of nitrogens with zero attached hydrogens (tertiary/aromatic N) is 1. The molecule has 3 N–H and O–H groups in total. The van der Waals surface area contributed by atoms with Gasteiger partial charge in [0.2, 0.25) is 5.91 Å². The molecular weight excluding hydrogens is 1020 g/mol. The molecule has 0 aliphatic heterocycles. The number of allylic oxidation sites excluding steroid dienone is 7. The summed E-state index contributed by atoms with van der Waals surface area (Å²) in [5.74, 6) is -0.184. The van der Waals surface area contributed by atoms with Crippen LogP contribution in [0.4, 0.5) is 0 Å². The van der Waals surface area contributed by atoms with E-state index in [1.54, 1.807) is 6.08 Å². The number of carbonyl (C=O) groups is 1. The molecule has 0 bridgehead atoms. The van der Waals surface area contributed by atoms with E-state index in [1.165, 1.54) is 289 Å². The summed E-state index contributed by atoms with van der Waals surface area (Å²) in [7, 11) is 1.56. The highest BCUT2D eigenvalue weighted by Crippen LogP contribution is 2.43. The number of phosphoric acid groups is 1. The lowest BCUT2D eigenvalue weighted by atomic mass is 10.0. The van der Waals surface area contributed by atoms with Crippen LogP contribution >= 0.6 is 7.82 Å². The van der Waals surface area contributed by atoms with E-state index >= 15 is 0 Å². The fourth-order valence-electron chi connectivity index (χ4n) is 10.7. The molecule has 3 atom stereocenters. The van der Waals surface area contributed by atoms with Gasteiger partial charge in [0.25, 0.3) is 0 Å². The van der Waals surface area contributed by atoms with Crippen LogP contribution in [0, 0.1) is 0 Å². The number of aliphatic hydroxyl groups excluding tert-OH is 1. The molecule has 0 aliphatic carbocycles. The number of hydrogen-bond acceptors (Lipinski definition) is 5. The van der Waals surface area contributed by atoms with Gasteiger partial charge in [-0.15, -0.1) is 0 Å². The molecule has 0 rings (SSSR count). The number of rotatable bonds is 66. The molecule has 0 spiro atoms. The minimum absolute atomic E-state index is 0.0545. The number of likely N-dealkylation sites (N-methyl/N-ethyl adjacent to an activating group) is 1. The Labute approximate surface area is 505 Å². The van der Waals surface area contributed by atoms with Crippen LogP contribution in [-0.4, -0.2) is 73.4 Å². The van der Waals surface area contributed by atoms with Crippen LogP contribution in [0.25, 0.3) is 0 Å². The van der Waals surface area contributed by atoms with E-state index in [2.05, 4.69) is 55.6 Å². The molecule has 478 valence electrons. The van der Waals surface area contributed by atoms with Gasteiger partial charge in [0.05, 0.1) is 39.9 Å². The third kappa shape index (κ3) is 65.9. The SMILES string of the molecule is CCCCCCCCCC/C=C\CCCCCCCCCCCCCCCCCCCCCCCC(=O)NC(COP(=O)(O)OCC[N+](C)(C)C)C(O)/C=C/CC/C=C/CC/C=C/CCCCCCCCCCCCCCCCCC. The molecule has 0 aromatic rings. The number of nitrogens with one attached hydrogen (secondary N) is 1. The summed E-state index contributed by atoms with van der Waals surface area (Å²) in [5, 5.41) is 14.0. The van der Waals surface area contributed by atoms with Crippen molar-refractivity contribution in [3.8, 4) is 0 Å². The first-order valence-corrected chi connectivity index (χ1v) is 37.0. The van der Waals surface area contributed by atoms with E-state index < -0.39 is 20.0 Å².